The first-order valence-corrected chi connectivity index (χ1v) is 4.62. The summed E-state index contributed by atoms with van der Waals surface area (Å²) in [5.41, 5.74) is 5.34. The van der Waals surface area contributed by atoms with Crippen molar-refractivity contribution in [3.05, 3.63) is 33.3 Å². The number of nitrogens with two attached hydrogens (primary N) is 1. The van der Waals surface area contributed by atoms with Crippen molar-refractivity contribution in [2.24, 2.45) is 5.73 Å². The van der Waals surface area contributed by atoms with Gasteiger partial charge in [-0.1, -0.05) is 17.7 Å². The van der Waals surface area contributed by atoms with Crippen LogP contribution in [-0.4, -0.2) is 11.0 Å². The van der Waals surface area contributed by atoms with Crippen molar-refractivity contribution in [1.29, 1.82) is 0 Å². The van der Waals surface area contributed by atoms with E-state index in [1.54, 1.807) is 18.2 Å². The van der Waals surface area contributed by atoms with E-state index in [-0.39, 0.29) is 0 Å². The molecule has 1 rings (SSSR count). The maximum atomic E-state index is 10.6. The van der Waals surface area contributed by atoms with Crippen molar-refractivity contribution < 1.29 is 9.90 Å². The highest BCUT2D eigenvalue weighted by Crippen LogP contribution is 2.25. The minimum Gasteiger partial charge on any atom is -0.378 e. The van der Waals surface area contributed by atoms with Crippen LogP contribution in [-0.2, 0) is 4.79 Å². The Balaban J connectivity index is 3.03. The summed E-state index contributed by atoms with van der Waals surface area (Å²) in [7, 11) is 0. The molecule has 0 saturated heterocycles. The predicted octanol–water partition coefficient (Wildman–Crippen LogP) is 1.62. The van der Waals surface area contributed by atoms with Gasteiger partial charge in [0.15, 0.2) is 6.10 Å². The molecule has 1 atom stereocenters. The highest BCUT2D eigenvalue weighted by atomic mass is 79.9. The van der Waals surface area contributed by atoms with Gasteiger partial charge in [-0.25, -0.2) is 0 Å². The van der Waals surface area contributed by atoms with Gasteiger partial charge in [-0.2, -0.15) is 0 Å². The maximum Gasteiger partial charge on any atom is 0.250 e. The van der Waals surface area contributed by atoms with Crippen LogP contribution in [0.15, 0.2) is 22.7 Å². The molecule has 0 heterocycles. The third-order valence-electron chi connectivity index (χ3n) is 1.53. The van der Waals surface area contributed by atoms with Gasteiger partial charge in [-0.3, -0.25) is 4.79 Å². The second-order valence-corrected chi connectivity index (χ2v) is 3.74. The first kappa shape index (κ1) is 10.5. The van der Waals surface area contributed by atoms with Crippen molar-refractivity contribution in [1.82, 2.24) is 0 Å². The molecule has 0 aliphatic heterocycles. The molecule has 3 N–H and O–H groups in total. The van der Waals surface area contributed by atoms with E-state index < -0.39 is 12.0 Å². The van der Waals surface area contributed by atoms with Crippen LogP contribution in [0.5, 0.6) is 0 Å². The Kier molecular flexibility index (Phi) is 3.30. The fourth-order valence-electron chi connectivity index (χ4n) is 0.847. The van der Waals surface area contributed by atoms with Crippen LogP contribution in [0.25, 0.3) is 0 Å². The van der Waals surface area contributed by atoms with E-state index in [0.717, 1.165) is 0 Å². The van der Waals surface area contributed by atoms with Crippen LogP contribution in [0, 0.1) is 0 Å². The minimum atomic E-state index is -1.28. The lowest BCUT2D eigenvalue weighted by Crippen LogP contribution is -2.20. The number of benzene rings is 1. The molecule has 70 valence electrons. The van der Waals surface area contributed by atoms with E-state index in [1.165, 1.54) is 0 Å². The Morgan fingerprint density at radius 1 is 1.62 bits per heavy atom. The van der Waals surface area contributed by atoms with Gasteiger partial charge < -0.3 is 10.8 Å². The summed E-state index contributed by atoms with van der Waals surface area (Å²) in [6.45, 7) is 0. The lowest BCUT2D eigenvalue weighted by Gasteiger charge is -2.07. The molecule has 1 aromatic rings. The van der Waals surface area contributed by atoms with E-state index in [4.69, 9.17) is 17.3 Å². The average Bonchev–Trinajstić information content (AvgIpc) is 2.08. The fraction of sp³-hybridized carbons (Fsp3) is 0.125. The zero-order valence-electron chi connectivity index (χ0n) is 6.50. The molecule has 1 unspecified atom stereocenters. The molecule has 1 amide bonds. The Morgan fingerprint density at radius 3 is 2.69 bits per heavy atom. The van der Waals surface area contributed by atoms with E-state index in [0.29, 0.717) is 15.1 Å². The average molecular weight is 265 g/mol. The van der Waals surface area contributed by atoms with Crippen molar-refractivity contribution in [2.75, 3.05) is 0 Å². The van der Waals surface area contributed by atoms with Gasteiger partial charge in [-0.05, 0) is 33.6 Å². The number of primary amides is 1. The normalized spacial score (nSPS) is 12.5. The second-order valence-electron chi connectivity index (χ2n) is 2.48. The van der Waals surface area contributed by atoms with Gasteiger partial charge in [0, 0.05) is 4.47 Å². The van der Waals surface area contributed by atoms with Gasteiger partial charge in [0.25, 0.3) is 5.91 Å². The fourth-order valence-corrected chi connectivity index (χ4v) is 1.36. The molecule has 0 aliphatic rings. The quantitative estimate of drug-likeness (QED) is 0.852. The molecule has 0 fully saturated rings. The van der Waals surface area contributed by atoms with Crippen molar-refractivity contribution in [2.45, 2.75) is 6.10 Å². The number of carbonyl (C=O) groups excluding carboxylic acids is 1. The smallest absolute Gasteiger partial charge is 0.250 e. The number of aliphatic hydroxyl groups excluding tert-OH is 1. The van der Waals surface area contributed by atoms with Gasteiger partial charge >= 0.3 is 0 Å². The number of aliphatic hydroxyl groups is 1. The molecule has 0 aliphatic carbocycles. The standard InChI is InChI=1S/C8H7BrClNO2/c9-5-3-4(1-2-6(5)10)7(12)8(11)13/h1-3,7,12H,(H2,11,13). The summed E-state index contributed by atoms with van der Waals surface area (Å²) in [6, 6.07) is 4.67. The van der Waals surface area contributed by atoms with Crippen LogP contribution in [0.4, 0.5) is 0 Å². The SMILES string of the molecule is NC(=O)C(O)c1ccc(Cl)c(Br)c1. The minimum absolute atomic E-state index is 0.420. The topological polar surface area (TPSA) is 63.3 Å². The Morgan fingerprint density at radius 2 is 2.23 bits per heavy atom. The Hall–Kier alpha value is -0.580. The molecule has 0 radical (unpaired) electrons. The molecule has 0 bridgehead atoms. The molecule has 0 aromatic heterocycles. The number of rotatable bonds is 2. The highest BCUT2D eigenvalue weighted by Gasteiger charge is 2.14. The first-order valence-electron chi connectivity index (χ1n) is 3.44. The van der Waals surface area contributed by atoms with Crippen LogP contribution in [0.1, 0.15) is 11.7 Å². The van der Waals surface area contributed by atoms with Crippen LogP contribution in [0.3, 0.4) is 0 Å². The molecule has 3 nitrogen and oxygen atoms in total. The Labute approximate surface area is 88.6 Å². The van der Waals surface area contributed by atoms with Gasteiger partial charge in [0.05, 0.1) is 5.02 Å². The summed E-state index contributed by atoms with van der Waals surface area (Å²) in [6.07, 6.45) is -1.28. The third kappa shape index (κ3) is 2.43. The van der Waals surface area contributed by atoms with Crippen LogP contribution >= 0.6 is 27.5 Å². The Bertz CT molecular complexity index is 343. The molecular weight excluding hydrogens is 257 g/mol. The largest absolute Gasteiger partial charge is 0.378 e. The van der Waals surface area contributed by atoms with Crippen LogP contribution in [0.2, 0.25) is 5.02 Å². The van der Waals surface area contributed by atoms with E-state index in [9.17, 15) is 9.90 Å². The molecule has 13 heavy (non-hydrogen) atoms. The zero-order valence-corrected chi connectivity index (χ0v) is 8.84. The lowest BCUT2D eigenvalue weighted by molar-refractivity contribution is -0.126. The summed E-state index contributed by atoms with van der Waals surface area (Å²) in [4.78, 5) is 10.6. The van der Waals surface area contributed by atoms with Gasteiger partial charge in [0.1, 0.15) is 0 Å². The number of carbonyl (C=O) groups is 1. The summed E-state index contributed by atoms with van der Waals surface area (Å²) >= 11 is 8.89. The molecule has 0 saturated carbocycles. The van der Waals surface area contributed by atoms with Crippen molar-refractivity contribution in [3.8, 4) is 0 Å². The van der Waals surface area contributed by atoms with Crippen molar-refractivity contribution >= 4 is 33.4 Å². The number of hydrogen-bond acceptors (Lipinski definition) is 2. The van der Waals surface area contributed by atoms with E-state index in [1.807, 2.05) is 0 Å². The summed E-state index contributed by atoms with van der Waals surface area (Å²) < 4.78 is 0.618. The predicted molar refractivity (Wildman–Crippen MR) is 53.3 cm³/mol. The van der Waals surface area contributed by atoms with Crippen molar-refractivity contribution in [3.63, 3.8) is 0 Å². The summed E-state index contributed by atoms with van der Waals surface area (Å²) in [5.74, 6) is -0.783. The molecular formula is C8H7BrClNO2. The molecule has 0 spiro atoms. The molecule has 5 heteroatoms. The first-order chi connectivity index (χ1) is 6.02. The van der Waals surface area contributed by atoms with Gasteiger partial charge in [-0.15, -0.1) is 0 Å². The van der Waals surface area contributed by atoms with Crippen LogP contribution < -0.4 is 5.73 Å². The zero-order chi connectivity index (χ0) is 10.0. The monoisotopic (exact) mass is 263 g/mol. The summed E-state index contributed by atoms with van der Waals surface area (Å²) in [5, 5.41) is 9.79. The van der Waals surface area contributed by atoms with E-state index >= 15 is 0 Å². The second kappa shape index (κ2) is 4.09. The molecule has 1 aromatic carbocycles. The van der Waals surface area contributed by atoms with Gasteiger partial charge in [0.2, 0.25) is 0 Å². The third-order valence-corrected chi connectivity index (χ3v) is 2.74. The number of halogens is 2. The highest BCUT2D eigenvalue weighted by molar-refractivity contribution is 9.10. The lowest BCUT2D eigenvalue weighted by atomic mass is 10.1. The van der Waals surface area contributed by atoms with E-state index in [2.05, 4.69) is 15.9 Å². The maximum absolute atomic E-state index is 10.6. The number of hydrogen-bond donors (Lipinski definition) is 2. The number of amides is 1.